The molecular weight excluding hydrogens is 280 g/mol. The molecule has 21 heavy (non-hydrogen) atoms. The van der Waals surface area contributed by atoms with Gasteiger partial charge in [-0.05, 0) is 53.3 Å². The average Bonchev–Trinajstić information content (AvgIpc) is 3.08. The summed E-state index contributed by atoms with van der Waals surface area (Å²) in [5.74, 6) is 0.281. The standard InChI is InChI=1S/C17H18N2OS/c20-17(14-4-2-1-3-5-14)19-10-13-8-16(11-18-9-13)15-6-7-21-12-15/h1-2,6-9,11-12,14H,3-5,10H2,(H,19,20)/t14-/m1/s1. The molecule has 1 aliphatic carbocycles. The van der Waals surface area contributed by atoms with Gasteiger partial charge in [0.05, 0.1) is 0 Å². The predicted molar refractivity (Wildman–Crippen MR) is 85.9 cm³/mol. The van der Waals surface area contributed by atoms with Gasteiger partial charge in [-0.2, -0.15) is 11.3 Å². The molecule has 2 aromatic rings. The second-order valence-corrected chi connectivity index (χ2v) is 6.07. The van der Waals surface area contributed by atoms with Crippen molar-refractivity contribution in [2.45, 2.75) is 25.8 Å². The summed E-state index contributed by atoms with van der Waals surface area (Å²) in [6, 6.07) is 4.18. The van der Waals surface area contributed by atoms with Crippen molar-refractivity contribution in [2.24, 2.45) is 5.92 Å². The molecule has 2 aromatic heterocycles. The quantitative estimate of drug-likeness (QED) is 0.873. The Balaban J connectivity index is 1.61. The Labute approximate surface area is 128 Å². The lowest BCUT2D eigenvalue weighted by atomic mass is 9.93. The summed E-state index contributed by atoms with van der Waals surface area (Å²) in [7, 11) is 0. The van der Waals surface area contributed by atoms with E-state index in [9.17, 15) is 4.79 Å². The Morgan fingerprint density at radius 3 is 3.05 bits per heavy atom. The van der Waals surface area contributed by atoms with Gasteiger partial charge >= 0.3 is 0 Å². The van der Waals surface area contributed by atoms with Crippen molar-refractivity contribution in [2.75, 3.05) is 0 Å². The van der Waals surface area contributed by atoms with Crippen molar-refractivity contribution in [3.05, 3.63) is 53.0 Å². The highest BCUT2D eigenvalue weighted by Gasteiger charge is 2.18. The Morgan fingerprint density at radius 2 is 2.29 bits per heavy atom. The molecule has 0 spiro atoms. The lowest BCUT2D eigenvalue weighted by molar-refractivity contribution is -0.125. The zero-order valence-electron chi connectivity index (χ0n) is 11.8. The van der Waals surface area contributed by atoms with Crippen LogP contribution in [0.15, 0.2) is 47.4 Å². The smallest absolute Gasteiger partial charge is 0.223 e. The number of hydrogen-bond donors (Lipinski definition) is 1. The second-order valence-electron chi connectivity index (χ2n) is 5.29. The van der Waals surface area contributed by atoms with Crippen LogP contribution >= 0.6 is 11.3 Å². The number of carbonyl (C=O) groups is 1. The lowest BCUT2D eigenvalue weighted by Crippen LogP contribution is -2.30. The zero-order chi connectivity index (χ0) is 14.5. The highest BCUT2D eigenvalue weighted by Crippen LogP contribution is 2.22. The number of aromatic nitrogens is 1. The lowest BCUT2D eigenvalue weighted by Gasteiger charge is -2.17. The van der Waals surface area contributed by atoms with Gasteiger partial charge in [0.2, 0.25) is 5.91 Å². The zero-order valence-corrected chi connectivity index (χ0v) is 12.6. The van der Waals surface area contributed by atoms with E-state index >= 15 is 0 Å². The maximum absolute atomic E-state index is 12.1. The minimum Gasteiger partial charge on any atom is -0.352 e. The Kier molecular flexibility index (Phi) is 4.46. The number of carbonyl (C=O) groups excluding carboxylic acids is 1. The van der Waals surface area contributed by atoms with Crippen LogP contribution in [0.4, 0.5) is 0 Å². The van der Waals surface area contributed by atoms with Gasteiger partial charge in [-0.15, -0.1) is 0 Å². The number of nitrogens with one attached hydrogen (secondary N) is 1. The maximum Gasteiger partial charge on any atom is 0.223 e. The van der Waals surface area contributed by atoms with Gasteiger partial charge in [0.1, 0.15) is 0 Å². The van der Waals surface area contributed by atoms with E-state index in [0.29, 0.717) is 6.54 Å². The van der Waals surface area contributed by atoms with Gasteiger partial charge in [-0.25, -0.2) is 0 Å². The first-order valence-corrected chi connectivity index (χ1v) is 8.16. The topological polar surface area (TPSA) is 42.0 Å². The minimum absolute atomic E-state index is 0.128. The monoisotopic (exact) mass is 298 g/mol. The number of hydrogen-bond acceptors (Lipinski definition) is 3. The molecule has 0 aromatic carbocycles. The van der Waals surface area contributed by atoms with Crippen LogP contribution in [0.25, 0.3) is 11.1 Å². The molecule has 1 amide bonds. The van der Waals surface area contributed by atoms with Gasteiger partial charge in [0.25, 0.3) is 0 Å². The fourth-order valence-electron chi connectivity index (χ4n) is 2.54. The highest BCUT2D eigenvalue weighted by atomic mass is 32.1. The van der Waals surface area contributed by atoms with Gasteiger partial charge < -0.3 is 5.32 Å². The molecule has 1 N–H and O–H groups in total. The fraction of sp³-hybridized carbons (Fsp3) is 0.294. The molecule has 0 saturated carbocycles. The van der Waals surface area contributed by atoms with E-state index in [0.717, 1.165) is 30.4 Å². The van der Waals surface area contributed by atoms with Crippen molar-refractivity contribution in [3.63, 3.8) is 0 Å². The Bertz CT molecular complexity index is 634. The molecular formula is C17H18N2OS. The first-order valence-electron chi connectivity index (χ1n) is 7.22. The highest BCUT2D eigenvalue weighted by molar-refractivity contribution is 7.08. The molecule has 0 bridgehead atoms. The largest absolute Gasteiger partial charge is 0.352 e. The van der Waals surface area contributed by atoms with E-state index < -0.39 is 0 Å². The van der Waals surface area contributed by atoms with Gasteiger partial charge in [-0.1, -0.05) is 12.2 Å². The van der Waals surface area contributed by atoms with Gasteiger partial charge in [-0.3, -0.25) is 9.78 Å². The maximum atomic E-state index is 12.1. The van der Waals surface area contributed by atoms with E-state index in [1.54, 1.807) is 11.3 Å². The molecule has 0 aliphatic heterocycles. The normalized spacial score (nSPS) is 17.6. The summed E-state index contributed by atoms with van der Waals surface area (Å²) in [4.78, 5) is 16.4. The van der Waals surface area contributed by atoms with Crippen LogP contribution in [0.1, 0.15) is 24.8 Å². The number of pyridine rings is 1. The van der Waals surface area contributed by atoms with Crippen LogP contribution in [0.3, 0.4) is 0 Å². The van der Waals surface area contributed by atoms with Crippen LogP contribution in [0, 0.1) is 5.92 Å². The molecule has 0 radical (unpaired) electrons. The summed E-state index contributed by atoms with van der Waals surface area (Å²) in [6.07, 6.45) is 10.8. The number of thiophene rings is 1. The summed E-state index contributed by atoms with van der Waals surface area (Å²) in [5, 5.41) is 7.19. The Morgan fingerprint density at radius 1 is 1.33 bits per heavy atom. The molecule has 0 fully saturated rings. The molecule has 3 nitrogen and oxygen atoms in total. The third kappa shape index (κ3) is 3.58. The second kappa shape index (κ2) is 6.68. The van der Waals surface area contributed by atoms with Crippen LogP contribution in [-0.4, -0.2) is 10.9 Å². The molecule has 0 unspecified atom stereocenters. The van der Waals surface area contributed by atoms with Gasteiger partial charge in [0, 0.05) is 30.4 Å². The minimum atomic E-state index is 0.128. The third-order valence-electron chi connectivity index (χ3n) is 3.76. The summed E-state index contributed by atoms with van der Waals surface area (Å²) in [6.45, 7) is 0.546. The molecule has 4 heteroatoms. The molecule has 108 valence electrons. The van der Waals surface area contributed by atoms with E-state index in [1.165, 1.54) is 5.56 Å². The van der Waals surface area contributed by atoms with Crippen molar-refractivity contribution in [1.29, 1.82) is 0 Å². The molecule has 2 heterocycles. The predicted octanol–water partition coefficient (Wildman–Crippen LogP) is 3.78. The van der Waals surface area contributed by atoms with Crippen molar-refractivity contribution < 1.29 is 4.79 Å². The van der Waals surface area contributed by atoms with E-state index in [-0.39, 0.29) is 11.8 Å². The van der Waals surface area contributed by atoms with Crippen LogP contribution in [-0.2, 0) is 11.3 Å². The van der Waals surface area contributed by atoms with Gasteiger partial charge in [0.15, 0.2) is 0 Å². The molecule has 0 saturated heterocycles. The molecule has 3 rings (SSSR count). The van der Waals surface area contributed by atoms with Crippen molar-refractivity contribution >= 4 is 17.2 Å². The summed E-state index contributed by atoms with van der Waals surface area (Å²) >= 11 is 1.67. The number of allylic oxidation sites excluding steroid dienone is 2. The molecule has 1 atom stereocenters. The first kappa shape index (κ1) is 14.0. The van der Waals surface area contributed by atoms with Crippen molar-refractivity contribution in [3.8, 4) is 11.1 Å². The summed E-state index contributed by atoms with van der Waals surface area (Å²) < 4.78 is 0. The summed E-state index contributed by atoms with van der Waals surface area (Å²) in [5.41, 5.74) is 3.32. The first-order chi connectivity index (χ1) is 10.3. The number of amides is 1. The van der Waals surface area contributed by atoms with E-state index in [1.807, 2.05) is 12.4 Å². The van der Waals surface area contributed by atoms with Crippen LogP contribution < -0.4 is 5.32 Å². The fourth-order valence-corrected chi connectivity index (χ4v) is 3.20. The van der Waals surface area contributed by atoms with Crippen LogP contribution in [0.2, 0.25) is 0 Å². The number of rotatable bonds is 4. The van der Waals surface area contributed by atoms with Crippen LogP contribution in [0.5, 0.6) is 0 Å². The van der Waals surface area contributed by atoms with Crippen molar-refractivity contribution in [1.82, 2.24) is 10.3 Å². The average molecular weight is 298 g/mol. The molecule has 1 aliphatic rings. The SMILES string of the molecule is O=C(NCc1cncc(-c2ccsc2)c1)[C@@H]1CC=CCC1. The van der Waals surface area contributed by atoms with E-state index in [2.05, 4.69) is 45.3 Å². The Hall–Kier alpha value is -1.94. The van der Waals surface area contributed by atoms with E-state index in [4.69, 9.17) is 0 Å². The number of nitrogens with zero attached hydrogens (tertiary/aromatic N) is 1. The third-order valence-corrected chi connectivity index (χ3v) is 4.44.